The molecule has 24 heavy (non-hydrogen) atoms. The summed E-state index contributed by atoms with van der Waals surface area (Å²) >= 11 is 0. The fraction of sp³-hybridized carbons (Fsp3) is 0.222. The van der Waals surface area contributed by atoms with Gasteiger partial charge in [0.15, 0.2) is 0 Å². The molecule has 0 saturated heterocycles. The Morgan fingerprint density at radius 1 is 1.00 bits per heavy atom. The van der Waals surface area contributed by atoms with Gasteiger partial charge in [0.25, 0.3) is 0 Å². The van der Waals surface area contributed by atoms with Crippen molar-refractivity contribution in [2.45, 2.75) is 25.9 Å². The van der Waals surface area contributed by atoms with Gasteiger partial charge in [0, 0.05) is 11.7 Å². The van der Waals surface area contributed by atoms with Crippen LogP contribution in [0.1, 0.15) is 25.5 Å². The molecule has 1 aromatic heterocycles. The minimum Gasteiger partial charge on any atom is -0.325 e. The number of hydrogen-bond acceptors (Lipinski definition) is 3. The molecule has 124 valence electrons. The molecule has 0 fully saturated rings. The van der Waals surface area contributed by atoms with Gasteiger partial charge in [-0.05, 0) is 37.6 Å². The van der Waals surface area contributed by atoms with Crippen molar-refractivity contribution in [3.63, 3.8) is 0 Å². The standard InChI is InChI=1S/C18H20N4O2/c1-11(13-6-4-3-5-7-13)19-12(2)17(23)20-14-8-9-15-16(10-14)22-18(24)21-15/h3-12,19H,1-2H3,(H,20,23)(H2,21,22,24)/t11-,12-/m1/s1. The third-order valence-corrected chi connectivity index (χ3v) is 3.98. The number of fused-ring (bicyclic) bond motifs is 1. The van der Waals surface area contributed by atoms with Crippen molar-refractivity contribution in [3.05, 3.63) is 64.6 Å². The molecule has 2 atom stereocenters. The van der Waals surface area contributed by atoms with E-state index in [9.17, 15) is 9.59 Å². The molecule has 0 saturated carbocycles. The van der Waals surface area contributed by atoms with E-state index in [0.717, 1.165) is 5.56 Å². The van der Waals surface area contributed by atoms with E-state index in [2.05, 4.69) is 20.6 Å². The number of H-pyrrole nitrogens is 2. The van der Waals surface area contributed by atoms with E-state index < -0.39 is 0 Å². The molecule has 0 aliphatic rings. The lowest BCUT2D eigenvalue weighted by Crippen LogP contribution is -2.39. The quantitative estimate of drug-likeness (QED) is 0.581. The van der Waals surface area contributed by atoms with Crippen LogP contribution in [0.15, 0.2) is 53.3 Å². The van der Waals surface area contributed by atoms with E-state index in [4.69, 9.17) is 0 Å². The monoisotopic (exact) mass is 324 g/mol. The number of aromatic nitrogens is 2. The summed E-state index contributed by atoms with van der Waals surface area (Å²) in [6.45, 7) is 3.85. The van der Waals surface area contributed by atoms with Gasteiger partial charge in [0.2, 0.25) is 5.91 Å². The molecule has 3 rings (SSSR count). The second-order valence-electron chi connectivity index (χ2n) is 5.85. The summed E-state index contributed by atoms with van der Waals surface area (Å²) in [5, 5.41) is 6.14. The Kier molecular flexibility index (Phi) is 4.48. The Morgan fingerprint density at radius 2 is 1.71 bits per heavy atom. The Hall–Kier alpha value is -2.86. The van der Waals surface area contributed by atoms with Crippen molar-refractivity contribution >= 4 is 22.6 Å². The van der Waals surface area contributed by atoms with Crippen LogP contribution >= 0.6 is 0 Å². The average Bonchev–Trinajstić information content (AvgIpc) is 2.94. The van der Waals surface area contributed by atoms with Crippen LogP contribution in [0.2, 0.25) is 0 Å². The third kappa shape index (κ3) is 3.55. The molecule has 3 aromatic rings. The van der Waals surface area contributed by atoms with Crippen molar-refractivity contribution in [2.24, 2.45) is 0 Å². The maximum Gasteiger partial charge on any atom is 0.323 e. The van der Waals surface area contributed by atoms with Crippen molar-refractivity contribution in [1.29, 1.82) is 0 Å². The zero-order valence-electron chi connectivity index (χ0n) is 13.6. The summed E-state index contributed by atoms with van der Waals surface area (Å²) in [5.41, 5.74) is 2.88. The molecule has 0 aliphatic heterocycles. The summed E-state index contributed by atoms with van der Waals surface area (Å²) in [6, 6.07) is 14.9. The molecule has 1 heterocycles. The highest BCUT2D eigenvalue weighted by Crippen LogP contribution is 2.16. The number of aromatic amines is 2. The zero-order chi connectivity index (χ0) is 17.1. The first-order chi connectivity index (χ1) is 11.5. The van der Waals surface area contributed by atoms with Crippen LogP contribution in [-0.4, -0.2) is 21.9 Å². The lowest BCUT2D eigenvalue weighted by atomic mass is 10.1. The minimum absolute atomic E-state index is 0.0652. The van der Waals surface area contributed by atoms with Crippen LogP contribution in [0.25, 0.3) is 11.0 Å². The van der Waals surface area contributed by atoms with Crippen molar-refractivity contribution in [2.75, 3.05) is 5.32 Å². The average molecular weight is 324 g/mol. The molecular weight excluding hydrogens is 304 g/mol. The number of benzene rings is 2. The molecule has 2 aromatic carbocycles. The first-order valence-corrected chi connectivity index (χ1v) is 7.87. The predicted octanol–water partition coefficient (Wildman–Crippen LogP) is 2.53. The van der Waals surface area contributed by atoms with Crippen LogP contribution in [0.5, 0.6) is 0 Å². The second kappa shape index (κ2) is 6.72. The summed E-state index contributed by atoms with van der Waals surface area (Å²) in [6.07, 6.45) is 0. The molecule has 0 bridgehead atoms. The van der Waals surface area contributed by atoms with E-state index in [-0.39, 0.29) is 23.7 Å². The molecule has 1 amide bonds. The summed E-state index contributed by atoms with van der Waals surface area (Å²) in [5.74, 6) is -0.130. The largest absolute Gasteiger partial charge is 0.325 e. The van der Waals surface area contributed by atoms with Crippen LogP contribution < -0.4 is 16.3 Å². The summed E-state index contributed by atoms with van der Waals surface area (Å²) in [7, 11) is 0. The number of carbonyl (C=O) groups is 1. The zero-order valence-corrected chi connectivity index (χ0v) is 13.6. The molecule has 0 radical (unpaired) electrons. The fourth-order valence-corrected chi connectivity index (χ4v) is 2.65. The highest BCUT2D eigenvalue weighted by Gasteiger charge is 2.16. The molecule has 0 aliphatic carbocycles. The topological polar surface area (TPSA) is 89.8 Å². The molecule has 6 heteroatoms. The van der Waals surface area contributed by atoms with E-state index in [0.29, 0.717) is 16.7 Å². The van der Waals surface area contributed by atoms with Crippen molar-refractivity contribution in [3.8, 4) is 0 Å². The summed E-state index contributed by atoms with van der Waals surface area (Å²) in [4.78, 5) is 29.0. The number of amides is 1. The van der Waals surface area contributed by atoms with E-state index >= 15 is 0 Å². The van der Waals surface area contributed by atoms with E-state index in [1.807, 2.05) is 44.2 Å². The predicted molar refractivity (Wildman–Crippen MR) is 95.0 cm³/mol. The normalized spacial score (nSPS) is 13.6. The maximum absolute atomic E-state index is 12.4. The number of hydrogen-bond donors (Lipinski definition) is 4. The lowest BCUT2D eigenvalue weighted by molar-refractivity contribution is -0.117. The first kappa shape index (κ1) is 16.0. The maximum atomic E-state index is 12.4. The minimum atomic E-state index is -0.360. The van der Waals surface area contributed by atoms with Gasteiger partial charge in [0.05, 0.1) is 17.1 Å². The van der Waals surface area contributed by atoms with Gasteiger partial charge < -0.3 is 15.3 Å². The highest BCUT2D eigenvalue weighted by atomic mass is 16.2. The number of rotatable bonds is 5. The lowest BCUT2D eigenvalue weighted by Gasteiger charge is -2.20. The third-order valence-electron chi connectivity index (χ3n) is 3.98. The number of carbonyl (C=O) groups excluding carboxylic acids is 1. The Labute approximate surface area is 139 Å². The Bertz CT molecular complexity index is 898. The van der Waals surface area contributed by atoms with E-state index in [1.54, 1.807) is 18.2 Å². The van der Waals surface area contributed by atoms with Crippen molar-refractivity contribution < 1.29 is 4.79 Å². The summed E-state index contributed by atoms with van der Waals surface area (Å²) < 4.78 is 0. The fourth-order valence-electron chi connectivity index (χ4n) is 2.65. The molecule has 0 spiro atoms. The molecule has 4 N–H and O–H groups in total. The molecule has 6 nitrogen and oxygen atoms in total. The molecular formula is C18H20N4O2. The van der Waals surface area contributed by atoms with Gasteiger partial charge >= 0.3 is 5.69 Å². The van der Waals surface area contributed by atoms with Gasteiger partial charge in [0.1, 0.15) is 0 Å². The van der Waals surface area contributed by atoms with Gasteiger partial charge in [-0.15, -0.1) is 0 Å². The Balaban J connectivity index is 1.65. The van der Waals surface area contributed by atoms with Crippen LogP contribution in [-0.2, 0) is 4.79 Å². The highest BCUT2D eigenvalue weighted by molar-refractivity contribution is 5.96. The number of nitrogens with one attached hydrogen (secondary N) is 4. The SMILES string of the molecule is C[C@@H](N[C@H](C)c1ccccc1)C(=O)Nc1ccc2[nH]c(=O)[nH]c2c1. The van der Waals surface area contributed by atoms with Crippen LogP contribution in [0.3, 0.4) is 0 Å². The van der Waals surface area contributed by atoms with Crippen molar-refractivity contribution in [1.82, 2.24) is 15.3 Å². The Morgan fingerprint density at radius 3 is 2.46 bits per heavy atom. The second-order valence-corrected chi connectivity index (χ2v) is 5.85. The van der Waals surface area contributed by atoms with Crippen LogP contribution in [0, 0.1) is 0 Å². The smallest absolute Gasteiger partial charge is 0.323 e. The number of imidazole rings is 1. The first-order valence-electron chi connectivity index (χ1n) is 7.87. The van der Waals surface area contributed by atoms with Gasteiger partial charge in [-0.3, -0.25) is 10.1 Å². The number of anilines is 1. The van der Waals surface area contributed by atoms with Gasteiger partial charge in [-0.25, -0.2) is 4.79 Å². The van der Waals surface area contributed by atoms with E-state index in [1.165, 1.54) is 0 Å². The molecule has 0 unspecified atom stereocenters. The van der Waals surface area contributed by atoms with Crippen LogP contribution in [0.4, 0.5) is 5.69 Å². The van der Waals surface area contributed by atoms with Gasteiger partial charge in [-0.2, -0.15) is 0 Å². The van der Waals surface area contributed by atoms with Gasteiger partial charge in [-0.1, -0.05) is 30.3 Å².